The topological polar surface area (TPSA) is 76.0 Å². The van der Waals surface area contributed by atoms with Crippen LogP contribution in [0.1, 0.15) is 0 Å². The number of methoxy groups -OCH3 is 1. The number of carbonyl (C=O) groups is 1. The van der Waals surface area contributed by atoms with E-state index in [2.05, 4.69) is 4.74 Å². The van der Waals surface area contributed by atoms with Crippen LogP contribution in [0.5, 0.6) is 17.2 Å². The van der Waals surface area contributed by atoms with Gasteiger partial charge >= 0.3 is 5.97 Å². The zero-order chi connectivity index (χ0) is 10.6. The number of phenols is 2. The molecule has 2 N–H and O–H groups in total. The first-order chi connectivity index (χ1) is 6.65. The first kappa shape index (κ1) is 10.2. The SMILES string of the molecule is COC(=O)COc1cccc(O)c1O. The Hall–Kier alpha value is -1.91. The predicted octanol–water partition coefficient (Wildman–Crippen LogP) is 0.650. The second-order valence-corrected chi connectivity index (χ2v) is 2.49. The average Bonchev–Trinajstić information content (AvgIpc) is 2.20. The smallest absolute Gasteiger partial charge is 0.343 e. The maximum atomic E-state index is 10.7. The van der Waals surface area contributed by atoms with Gasteiger partial charge in [0.05, 0.1) is 7.11 Å². The molecule has 0 unspecified atom stereocenters. The number of benzene rings is 1. The number of aromatic hydroxyl groups is 2. The molecule has 0 heterocycles. The van der Waals surface area contributed by atoms with Crippen LogP contribution in [-0.4, -0.2) is 29.9 Å². The number of para-hydroxylation sites is 1. The summed E-state index contributed by atoms with van der Waals surface area (Å²) < 4.78 is 9.22. The van der Waals surface area contributed by atoms with Gasteiger partial charge in [0.1, 0.15) is 0 Å². The molecule has 76 valence electrons. The van der Waals surface area contributed by atoms with Crippen molar-refractivity contribution >= 4 is 5.97 Å². The Morgan fingerprint density at radius 3 is 2.79 bits per heavy atom. The quantitative estimate of drug-likeness (QED) is 0.550. The fraction of sp³-hybridized carbons (Fsp3) is 0.222. The molecule has 1 rings (SSSR count). The number of carbonyl (C=O) groups excluding carboxylic acids is 1. The van der Waals surface area contributed by atoms with Gasteiger partial charge in [0.25, 0.3) is 0 Å². The van der Waals surface area contributed by atoms with Crippen molar-refractivity contribution in [2.45, 2.75) is 0 Å². The Kier molecular flexibility index (Phi) is 3.17. The van der Waals surface area contributed by atoms with Crippen LogP contribution in [0.15, 0.2) is 18.2 Å². The largest absolute Gasteiger partial charge is 0.504 e. The minimum Gasteiger partial charge on any atom is -0.504 e. The standard InChI is InChI=1S/C9H10O5/c1-13-8(11)5-14-7-4-2-3-6(10)9(7)12/h2-4,10,12H,5H2,1H3. The highest BCUT2D eigenvalue weighted by molar-refractivity contribution is 5.71. The fourth-order valence-electron chi connectivity index (χ4n) is 0.823. The molecule has 0 radical (unpaired) electrons. The number of ether oxygens (including phenoxy) is 2. The Bertz CT molecular complexity index is 334. The molecule has 0 spiro atoms. The lowest BCUT2D eigenvalue weighted by Crippen LogP contribution is -2.12. The Morgan fingerprint density at radius 1 is 1.43 bits per heavy atom. The van der Waals surface area contributed by atoms with E-state index in [0.29, 0.717) is 0 Å². The van der Waals surface area contributed by atoms with E-state index in [1.807, 2.05) is 0 Å². The number of hydrogen-bond donors (Lipinski definition) is 2. The first-order valence-corrected chi connectivity index (χ1v) is 3.85. The summed E-state index contributed by atoms with van der Waals surface area (Å²) in [6, 6.07) is 4.22. The van der Waals surface area contributed by atoms with Crippen LogP contribution in [0.25, 0.3) is 0 Å². The summed E-state index contributed by atoms with van der Waals surface area (Å²) in [5.74, 6) is -1.22. The number of rotatable bonds is 3. The Morgan fingerprint density at radius 2 is 2.14 bits per heavy atom. The summed E-state index contributed by atoms with van der Waals surface area (Å²) in [7, 11) is 1.23. The van der Waals surface area contributed by atoms with E-state index in [4.69, 9.17) is 9.84 Å². The van der Waals surface area contributed by atoms with Gasteiger partial charge in [0.15, 0.2) is 18.1 Å². The van der Waals surface area contributed by atoms with Crippen LogP contribution in [0, 0.1) is 0 Å². The van der Waals surface area contributed by atoms with Gasteiger partial charge in [-0.1, -0.05) is 6.07 Å². The first-order valence-electron chi connectivity index (χ1n) is 3.85. The van der Waals surface area contributed by atoms with E-state index in [1.54, 1.807) is 0 Å². The maximum absolute atomic E-state index is 10.7. The molecule has 5 heteroatoms. The Balaban J connectivity index is 2.68. The molecule has 0 aromatic heterocycles. The molecule has 0 aliphatic carbocycles. The molecule has 0 fully saturated rings. The molecule has 0 amide bonds. The molecule has 0 atom stereocenters. The van der Waals surface area contributed by atoms with Crippen molar-refractivity contribution in [2.75, 3.05) is 13.7 Å². The van der Waals surface area contributed by atoms with E-state index >= 15 is 0 Å². The molecular weight excluding hydrogens is 188 g/mol. The van der Waals surface area contributed by atoms with Gasteiger partial charge < -0.3 is 19.7 Å². The molecule has 5 nitrogen and oxygen atoms in total. The van der Waals surface area contributed by atoms with Crippen LogP contribution >= 0.6 is 0 Å². The van der Waals surface area contributed by atoms with Crippen molar-refractivity contribution in [1.29, 1.82) is 0 Å². The zero-order valence-electron chi connectivity index (χ0n) is 7.56. The molecule has 0 saturated carbocycles. The van der Waals surface area contributed by atoms with Crippen molar-refractivity contribution in [3.8, 4) is 17.2 Å². The van der Waals surface area contributed by atoms with Crippen LogP contribution < -0.4 is 4.74 Å². The number of esters is 1. The molecule has 0 bridgehead atoms. The zero-order valence-corrected chi connectivity index (χ0v) is 7.56. The third kappa shape index (κ3) is 2.29. The molecule has 0 aliphatic rings. The van der Waals surface area contributed by atoms with Crippen molar-refractivity contribution < 1.29 is 24.5 Å². The molecule has 0 aliphatic heterocycles. The van der Waals surface area contributed by atoms with Gasteiger partial charge in [-0.3, -0.25) is 0 Å². The third-order valence-corrected chi connectivity index (χ3v) is 1.55. The highest BCUT2D eigenvalue weighted by atomic mass is 16.6. The van der Waals surface area contributed by atoms with Gasteiger partial charge in [0, 0.05) is 0 Å². The van der Waals surface area contributed by atoms with Gasteiger partial charge in [-0.15, -0.1) is 0 Å². The molecular formula is C9H10O5. The van der Waals surface area contributed by atoms with Crippen LogP contribution in [-0.2, 0) is 9.53 Å². The monoisotopic (exact) mass is 198 g/mol. The van der Waals surface area contributed by atoms with E-state index in [1.165, 1.54) is 25.3 Å². The third-order valence-electron chi connectivity index (χ3n) is 1.55. The average molecular weight is 198 g/mol. The normalized spacial score (nSPS) is 9.50. The van der Waals surface area contributed by atoms with Crippen LogP contribution in [0.3, 0.4) is 0 Å². The summed E-state index contributed by atoms with van der Waals surface area (Å²) in [5, 5.41) is 18.3. The second-order valence-electron chi connectivity index (χ2n) is 2.49. The molecule has 1 aromatic carbocycles. The van der Waals surface area contributed by atoms with Crippen molar-refractivity contribution in [2.24, 2.45) is 0 Å². The second kappa shape index (κ2) is 4.36. The van der Waals surface area contributed by atoms with Crippen molar-refractivity contribution in [1.82, 2.24) is 0 Å². The van der Waals surface area contributed by atoms with E-state index < -0.39 is 11.7 Å². The van der Waals surface area contributed by atoms with Gasteiger partial charge in [0.2, 0.25) is 5.75 Å². The maximum Gasteiger partial charge on any atom is 0.343 e. The Labute approximate surface area is 80.5 Å². The van der Waals surface area contributed by atoms with Gasteiger partial charge in [-0.2, -0.15) is 0 Å². The number of hydrogen-bond acceptors (Lipinski definition) is 5. The lowest BCUT2D eigenvalue weighted by Gasteiger charge is -2.06. The molecule has 1 aromatic rings. The lowest BCUT2D eigenvalue weighted by atomic mass is 10.3. The summed E-state index contributed by atoms with van der Waals surface area (Å²) >= 11 is 0. The minimum atomic E-state index is -0.562. The van der Waals surface area contributed by atoms with Gasteiger partial charge in [-0.25, -0.2) is 4.79 Å². The predicted molar refractivity (Wildman–Crippen MR) is 47.3 cm³/mol. The summed E-state index contributed by atoms with van der Waals surface area (Å²) in [6.45, 7) is -0.312. The molecule has 0 saturated heterocycles. The highest BCUT2D eigenvalue weighted by Crippen LogP contribution is 2.34. The van der Waals surface area contributed by atoms with Crippen molar-refractivity contribution in [3.05, 3.63) is 18.2 Å². The highest BCUT2D eigenvalue weighted by Gasteiger charge is 2.08. The van der Waals surface area contributed by atoms with Crippen molar-refractivity contribution in [3.63, 3.8) is 0 Å². The van der Waals surface area contributed by atoms with Crippen LogP contribution in [0.4, 0.5) is 0 Å². The minimum absolute atomic E-state index is 0.0374. The van der Waals surface area contributed by atoms with Gasteiger partial charge in [-0.05, 0) is 12.1 Å². The molecule has 14 heavy (non-hydrogen) atoms. The number of phenolic OH excluding ortho intramolecular Hbond substituents is 2. The van der Waals surface area contributed by atoms with E-state index in [-0.39, 0.29) is 18.1 Å². The van der Waals surface area contributed by atoms with E-state index in [9.17, 15) is 9.90 Å². The fourth-order valence-corrected chi connectivity index (χ4v) is 0.823. The summed E-state index contributed by atoms with van der Waals surface area (Å²) in [6.07, 6.45) is 0. The summed E-state index contributed by atoms with van der Waals surface area (Å²) in [5.41, 5.74) is 0. The summed E-state index contributed by atoms with van der Waals surface area (Å²) in [4.78, 5) is 10.7. The van der Waals surface area contributed by atoms with Crippen LogP contribution in [0.2, 0.25) is 0 Å². The van der Waals surface area contributed by atoms with E-state index in [0.717, 1.165) is 0 Å². The lowest BCUT2D eigenvalue weighted by molar-refractivity contribution is -0.142.